The normalized spacial score (nSPS) is 16.5. The highest BCUT2D eigenvalue weighted by atomic mass is 16.5. The summed E-state index contributed by atoms with van der Waals surface area (Å²) in [5.41, 5.74) is 3.29. The fourth-order valence-corrected chi connectivity index (χ4v) is 3.94. The summed E-state index contributed by atoms with van der Waals surface area (Å²) in [7, 11) is 1.75. The first-order valence-corrected chi connectivity index (χ1v) is 10.8. The quantitative estimate of drug-likeness (QED) is 0.473. The van der Waals surface area contributed by atoms with E-state index in [9.17, 15) is 4.79 Å². The maximum atomic E-state index is 12.7. The maximum Gasteiger partial charge on any atom is 0.257 e. The van der Waals surface area contributed by atoms with E-state index >= 15 is 0 Å². The first-order valence-electron chi connectivity index (χ1n) is 10.8. The summed E-state index contributed by atoms with van der Waals surface area (Å²) in [5, 5.41) is 3.85. The summed E-state index contributed by atoms with van der Waals surface area (Å²) in [4.78, 5) is 28.0. The van der Waals surface area contributed by atoms with Crippen molar-refractivity contribution in [3.63, 3.8) is 0 Å². The van der Waals surface area contributed by atoms with Crippen LogP contribution in [0, 0.1) is 6.92 Å². The molecule has 33 heavy (non-hydrogen) atoms. The molecule has 0 N–H and O–H groups in total. The van der Waals surface area contributed by atoms with Gasteiger partial charge in [-0.3, -0.25) is 14.3 Å². The van der Waals surface area contributed by atoms with Gasteiger partial charge in [0.05, 0.1) is 12.2 Å². The molecule has 1 aliphatic heterocycles. The Morgan fingerprint density at radius 2 is 1.82 bits per heavy atom. The van der Waals surface area contributed by atoms with Crippen LogP contribution >= 0.6 is 0 Å². The van der Waals surface area contributed by atoms with Crippen LogP contribution in [0.1, 0.15) is 23.9 Å². The molecule has 9 heteroatoms. The van der Waals surface area contributed by atoms with Gasteiger partial charge in [-0.1, -0.05) is 17.3 Å². The van der Waals surface area contributed by atoms with Crippen LogP contribution in [0.2, 0.25) is 0 Å². The number of nitrogens with zero attached hydrogens (tertiary/aromatic N) is 6. The van der Waals surface area contributed by atoms with E-state index in [0.717, 1.165) is 29.7 Å². The number of rotatable bonds is 4. The molecule has 0 bridgehead atoms. The van der Waals surface area contributed by atoms with Crippen LogP contribution in [0.15, 0.2) is 64.2 Å². The van der Waals surface area contributed by atoms with Crippen molar-refractivity contribution >= 4 is 5.95 Å². The summed E-state index contributed by atoms with van der Waals surface area (Å²) < 4.78 is 13.0. The molecule has 0 spiro atoms. The van der Waals surface area contributed by atoms with E-state index < -0.39 is 0 Å². The van der Waals surface area contributed by atoms with E-state index in [2.05, 4.69) is 20.0 Å². The van der Waals surface area contributed by atoms with E-state index in [-0.39, 0.29) is 11.7 Å². The second-order valence-electron chi connectivity index (χ2n) is 8.00. The molecule has 1 aromatic carbocycles. The van der Waals surface area contributed by atoms with Gasteiger partial charge in [0.1, 0.15) is 6.10 Å². The van der Waals surface area contributed by atoms with Gasteiger partial charge in [-0.25, -0.2) is 4.98 Å². The van der Waals surface area contributed by atoms with Crippen LogP contribution in [0.25, 0.3) is 22.7 Å². The standard InChI is InChI=1S/C24H24N6O3/c1-16-26-23(33-28-16)19-6-4-18(5-7-19)21-15-30(12-3-13-32-21)24-27-20(14-22(31)29(24)2)17-8-10-25-11-9-17/h4-11,14,21H,3,12-13,15H2,1-2H3/t21-/m1/s1. The predicted molar refractivity (Wildman–Crippen MR) is 123 cm³/mol. The van der Waals surface area contributed by atoms with E-state index in [4.69, 9.17) is 14.2 Å². The minimum Gasteiger partial charge on any atom is -0.372 e. The Morgan fingerprint density at radius 3 is 2.55 bits per heavy atom. The molecule has 1 aliphatic rings. The minimum atomic E-state index is -0.160. The lowest BCUT2D eigenvalue weighted by Crippen LogP contribution is -2.34. The Morgan fingerprint density at radius 1 is 1.03 bits per heavy atom. The van der Waals surface area contributed by atoms with Crippen molar-refractivity contribution in [2.75, 3.05) is 24.6 Å². The van der Waals surface area contributed by atoms with Crippen molar-refractivity contribution in [2.24, 2.45) is 7.05 Å². The first kappa shape index (κ1) is 21.0. The second-order valence-corrected chi connectivity index (χ2v) is 8.00. The predicted octanol–water partition coefficient (Wildman–Crippen LogP) is 3.17. The molecule has 3 aromatic heterocycles. The molecule has 0 aliphatic carbocycles. The molecule has 0 unspecified atom stereocenters. The summed E-state index contributed by atoms with van der Waals surface area (Å²) >= 11 is 0. The molecule has 0 amide bonds. The molecule has 1 fully saturated rings. The molecule has 168 valence electrons. The van der Waals surface area contributed by atoms with Crippen molar-refractivity contribution in [3.8, 4) is 22.7 Å². The maximum absolute atomic E-state index is 12.7. The lowest BCUT2D eigenvalue weighted by Gasteiger charge is -2.27. The number of ether oxygens (including phenoxy) is 1. The summed E-state index contributed by atoms with van der Waals surface area (Å²) in [6.45, 7) is 3.75. The number of benzene rings is 1. The van der Waals surface area contributed by atoms with Crippen LogP contribution in [0.3, 0.4) is 0 Å². The zero-order valence-corrected chi connectivity index (χ0v) is 18.5. The van der Waals surface area contributed by atoms with Crippen molar-refractivity contribution in [3.05, 3.63) is 76.6 Å². The van der Waals surface area contributed by atoms with Gasteiger partial charge in [0.15, 0.2) is 5.82 Å². The monoisotopic (exact) mass is 444 g/mol. The van der Waals surface area contributed by atoms with Gasteiger partial charge in [0, 0.05) is 49.8 Å². The van der Waals surface area contributed by atoms with Crippen LogP contribution < -0.4 is 10.5 Å². The van der Waals surface area contributed by atoms with Gasteiger partial charge in [-0.05, 0) is 43.2 Å². The lowest BCUT2D eigenvalue weighted by atomic mass is 10.1. The van der Waals surface area contributed by atoms with Crippen LogP contribution in [-0.2, 0) is 11.8 Å². The highest BCUT2D eigenvalue weighted by Gasteiger charge is 2.24. The first-order chi connectivity index (χ1) is 16.1. The smallest absolute Gasteiger partial charge is 0.257 e. The van der Waals surface area contributed by atoms with Crippen molar-refractivity contribution in [2.45, 2.75) is 19.4 Å². The van der Waals surface area contributed by atoms with E-state index in [1.54, 1.807) is 37.0 Å². The summed E-state index contributed by atoms with van der Waals surface area (Å²) in [6.07, 6.45) is 4.07. The van der Waals surface area contributed by atoms with Crippen molar-refractivity contribution in [1.29, 1.82) is 0 Å². The van der Waals surface area contributed by atoms with Gasteiger partial charge < -0.3 is 14.2 Å². The molecule has 1 atom stereocenters. The van der Waals surface area contributed by atoms with Crippen LogP contribution in [0.4, 0.5) is 5.95 Å². The number of aromatic nitrogens is 5. The molecule has 5 rings (SSSR count). The zero-order chi connectivity index (χ0) is 22.8. The van der Waals surface area contributed by atoms with Crippen LogP contribution in [0.5, 0.6) is 0 Å². The van der Waals surface area contributed by atoms with Crippen molar-refractivity contribution in [1.82, 2.24) is 24.7 Å². The average Bonchev–Trinajstić information content (AvgIpc) is 3.13. The molecule has 0 radical (unpaired) electrons. The van der Waals surface area contributed by atoms with Gasteiger partial charge in [0.2, 0.25) is 5.95 Å². The Bertz CT molecular complexity index is 1300. The Balaban J connectivity index is 1.43. The number of hydrogen-bond acceptors (Lipinski definition) is 8. The molecule has 1 saturated heterocycles. The van der Waals surface area contributed by atoms with E-state index in [1.807, 2.05) is 36.4 Å². The highest BCUT2D eigenvalue weighted by Crippen LogP contribution is 2.27. The molecule has 4 heterocycles. The van der Waals surface area contributed by atoms with Crippen LogP contribution in [-0.4, -0.2) is 44.4 Å². The Hall–Kier alpha value is -3.85. The Kier molecular flexibility index (Phi) is 5.70. The summed E-state index contributed by atoms with van der Waals surface area (Å²) in [6, 6.07) is 13.2. The fraction of sp³-hybridized carbons (Fsp3) is 0.292. The molecular formula is C24H24N6O3. The third-order valence-electron chi connectivity index (χ3n) is 5.70. The van der Waals surface area contributed by atoms with Gasteiger partial charge in [-0.15, -0.1) is 0 Å². The fourth-order valence-electron chi connectivity index (χ4n) is 3.94. The number of aryl methyl sites for hydroxylation is 1. The molecular weight excluding hydrogens is 420 g/mol. The lowest BCUT2D eigenvalue weighted by molar-refractivity contribution is 0.0685. The minimum absolute atomic E-state index is 0.104. The van der Waals surface area contributed by atoms with Gasteiger partial charge >= 0.3 is 0 Å². The van der Waals surface area contributed by atoms with E-state index in [0.29, 0.717) is 36.5 Å². The second kappa shape index (κ2) is 8.95. The third-order valence-corrected chi connectivity index (χ3v) is 5.70. The molecule has 0 saturated carbocycles. The number of hydrogen-bond donors (Lipinski definition) is 0. The third kappa shape index (κ3) is 4.40. The summed E-state index contributed by atoms with van der Waals surface area (Å²) in [5.74, 6) is 1.72. The Labute approximate surface area is 190 Å². The molecule has 9 nitrogen and oxygen atoms in total. The van der Waals surface area contributed by atoms with Gasteiger partial charge in [0.25, 0.3) is 11.4 Å². The number of anilines is 1. The topological polar surface area (TPSA) is 99.2 Å². The average molecular weight is 444 g/mol. The van der Waals surface area contributed by atoms with Crippen molar-refractivity contribution < 1.29 is 9.26 Å². The largest absolute Gasteiger partial charge is 0.372 e. The highest BCUT2D eigenvalue weighted by molar-refractivity contribution is 5.59. The zero-order valence-electron chi connectivity index (χ0n) is 18.5. The van der Waals surface area contributed by atoms with Gasteiger partial charge in [-0.2, -0.15) is 4.98 Å². The van der Waals surface area contributed by atoms with E-state index in [1.165, 1.54) is 0 Å². The SMILES string of the molecule is Cc1noc(-c2ccc([C@H]3CN(c4nc(-c5ccncc5)cc(=O)n4C)CCCO3)cc2)n1. The molecule has 4 aromatic rings. The number of pyridine rings is 1.